The Kier molecular flexibility index (Phi) is 5.24. The predicted molar refractivity (Wildman–Crippen MR) is 93.3 cm³/mol. The Balaban J connectivity index is 1.54. The van der Waals surface area contributed by atoms with Crippen molar-refractivity contribution in [3.8, 4) is 5.88 Å². The fourth-order valence-electron chi connectivity index (χ4n) is 2.70. The lowest BCUT2D eigenvalue weighted by atomic mass is 9.98. The lowest BCUT2D eigenvalue weighted by molar-refractivity contribution is -0.385. The molecule has 1 aliphatic heterocycles. The average molecular weight is 393 g/mol. The Bertz CT molecular complexity index is 706. The van der Waals surface area contributed by atoms with E-state index in [0.29, 0.717) is 22.9 Å². The third-order valence-corrected chi connectivity index (χ3v) is 4.62. The molecule has 0 radical (unpaired) electrons. The minimum Gasteiger partial charge on any atom is -0.477 e. The molecule has 1 saturated heterocycles. The van der Waals surface area contributed by atoms with Crippen molar-refractivity contribution in [3.05, 3.63) is 51.2 Å². The summed E-state index contributed by atoms with van der Waals surface area (Å²) in [6, 6.07) is 7.12. The summed E-state index contributed by atoms with van der Waals surface area (Å²) in [6.07, 6.45) is 4.99. The molecule has 0 spiro atoms. The third-order valence-electron chi connectivity index (χ3n) is 4.04. The minimum absolute atomic E-state index is 0.00993. The Morgan fingerprint density at radius 3 is 2.75 bits per heavy atom. The van der Waals surface area contributed by atoms with Crippen molar-refractivity contribution >= 4 is 27.4 Å². The third kappa shape index (κ3) is 4.00. The van der Waals surface area contributed by atoms with Crippen molar-refractivity contribution < 1.29 is 9.66 Å². The van der Waals surface area contributed by atoms with E-state index in [-0.39, 0.29) is 5.69 Å². The molecule has 8 heteroatoms. The zero-order chi connectivity index (χ0) is 16.9. The second-order valence-corrected chi connectivity index (χ2v) is 6.52. The second kappa shape index (κ2) is 7.57. The van der Waals surface area contributed by atoms with Crippen LogP contribution in [0.4, 0.5) is 11.5 Å². The van der Waals surface area contributed by atoms with Crippen LogP contribution in [0, 0.1) is 16.0 Å². The summed E-state index contributed by atoms with van der Waals surface area (Å²) in [5, 5.41) is 10.8. The van der Waals surface area contributed by atoms with Gasteiger partial charge in [0.25, 0.3) is 5.69 Å². The first kappa shape index (κ1) is 16.6. The largest absolute Gasteiger partial charge is 0.477 e. The Morgan fingerprint density at radius 1 is 1.33 bits per heavy atom. The molecule has 7 nitrogen and oxygen atoms in total. The molecule has 126 valence electrons. The average Bonchev–Trinajstić information content (AvgIpc) is 2.61. The standard InChI is InChI=1S/C16H17BrN4O3/c17-14-9-13(21(22)23)10-19-16(14)20-7-4-12(5-8-20)11-24-15-3-1-2-6-18-15/h1-3,6,9-10,12H,4-5,7-8,11H2. The smallest absolute Gasteiger partial charge is 0.288 e. The Morgan fingerprint density at radius 2 is 2.12 bits per heavy atom. The van der Waals surface area contributed by atoms with Gasteiger partial charge in [-0.1, -0.05) is 6.07 Å². The van der Waals surface area contributed by atoms with Crippen molar-refractivity contribution in [1.82, 2.24) is 9.97 Å². The van der Waals surface area contributed by atoms with E-state index in [1.807, 2.05) is 18.2 Å². The number of rotatable bonds is 5. The van der Waals surface area contributed by atoms with Crippen LogP contribution in [0.3, 0.4) is 0 Å². The molecule has 2 aromatic rings. The van der Waals surface area contributed by atoms with E-state index in [0.717, 1.165) is 31.7 Å². The highest BCUT2D eigenvalue weighted by molar-refractivity contribution is 9.10. The quantitative estimate of drug-likeness (QED) is 0.572. The molecular formula is C16H17BrN4O3. The molecule has 3 heterocycles. The number of nitro groups is 1. The molecular weight excluding hydrogens is 376 g/mol. The molecule has 0 atom stereocenters. The SMILES string of the molecule is O=[N+]([O-])c1cnc(N2CCC(COc3ccccn3)CC2)c(Br)c1. The van der Waals surface area contributed by atoms with Crippen molar-refractivity contribution in [1.29, 1.82) is 0 Å². The number of nitrogens with zero attached hydrogens (tertiary/aromatic N) is 4. The highest BCUT2D eigenvalue weighted by Crippen LogP contribution is 2.30. The van der Waals surface area contributed by atoms with Gasteiger partial charge in [0.2, 0.25) is 5.88 Å². The number of anilines is 1. The van der Waals surface area contributed by atoms with Crippen molar-refractivity contribution in [2.75, 3.05) is 24.6 Å². The zero-order valence-electron chi connectivity index (χ0n) is 13.0. The van der Waals surface area contributed by atoms with Crippen LogP contribution in [-0.4, -0.2) is 34.6 Å². The van der Waals surface area contributed by atoms with Crippen LogP contribution >= 0.6 is 15.9 Å². The topological polar surface area (TPSA) is 81.4 Å². The van der Waals surface area contributed by atoms with Crippen LogP contribution in [-0.2, 0) is 0 Å². The van der Waals surface area contributed by atoms with Gasteiger partial charge in [-0.15, -0.1) is 0 Å². The molecule has 1 aliphatic rings. The maximum atomic E-state index is 10.8. The van der Waals surface area contributed by atoms with E-state index >= 15 is 0 Å². The Labute approximate surface area is 148 Å². The first-order valence-corrected chi connectivity index (χ1v) is 8.51. The summed E-state index contributed by atoms with van der Waals surface area (Å²) in [5.41, 5.74) is -0.00993. The van der Waals surface area contributed by atoms with Gasteiger partial charge in [0.15, 0.2) is 0 Å². The molecule has 0 unspecified atom stereocenters. The van der Waals surface area contributed by atoms with Gasteiger partial charge in [0.1, 0.15) is 12.0 Å². The fourth-order valence-corrected chi connectivity index (χ4v) is 3.29. The number of hydrogen-bond donors (Lipinski definition) is 0. The van der Waals surface area contributed by atoms with Crippen LogP contribution in [0.2, 0.25) is 0 Å². The van der Waals surface area contributed by atoms with E-state index in [2.05, 4.69) is 30.8 Å². The van der Waals surface area contributed by atoms with E-state index in [1.54, 1.807) is 6.20 Å². The van der Waals surface area contributed by atoms with Gasteiger partial charge in [0.05, 0.1) is 16.0 Å². The molecule has 0 aliphatic carbocycles. The van der Waals surface area contributed by atoms with E-state index in [1.165, 1.54) is 12.3 Å². The second-order valence-electron chi connectivity index (χ2n) is 5.67. The first-order chi connectivity index (χ1) is 11.6. The van der Waals surface area contributed by atoms with Gasteiger partial charge in [-0.3, -0.25) is 10.1 Å². The molecule has 0 aromatic carbocycles. The summed E-state index contributed by atoms with van der Waals surface area (Å²) in [6.45, 7) is 2.35. The fraction of sp³-hybridized carbons (Fsp3) is 0.375. The van der Waals surface area contributed by atoms with Gasteiger partial charge < -0.3 is 9.64 Å². The number of hydrogen-bond acceptors (Lipinski definition) is 6. The van der Waals surface area contributed by atoms with Crippen LogP contribution in [0.1, 0.15) is 12.8 Å². The van der Waals surface area contributed by atoms with Crippen molar-refractivity contribution in [2.24, 2.45) is 5.92 Å². The number of aromatic nitrogens is 2. The number of halogens is 1. The maximum Gasteiger partial charge on any atom is 0.288 e. The molecule has 1 fully saturated rings. The van der Waals surface area contributed by atoms with Crippen LogP contribution in [0.15, 0.2) is 41.1 Å². The molecule has 0 bridgehead atoms. The normalized spacial score (nSPS) is 15.3. The monoisotopic (exact) mass is 392 g/mol. The minimum atomic E-state index is -0.442. The lowest BCUT2D eigenvalue weighted by Crippen LogP contribution is -2.36. The molecule has 0 amide bonds. The van der Waals surface area contributed by atoms with Crippen molar-refractivity contribution in [3.63, 3.8) is 0 Å². The summed E-state index contributed by atoms with van der Waals surface area (Å²) >= 11 is 3.39. The van der Waals surface area contributed by atoms with Crippen LogP contribution in [0.5, 0.6) is 5.88 Å². The summed E-state index contributed by atoms with van der Waals surface area (Å²) < 4.78 is 6.38. The first-order valence-electron chi connectivity index (χ1n) is 7.72. The van der Waals surface area contributed by atoms with Crippen molar-refractivity contribution in [2.45, 2.75) is 12.8 Å². The highest BCUT2D eigenvalue weighted by Gasteiger charge is 2.23. The summed E-state index contributed by atoms with van der Waals surface area (Å²) in [4.78, 5) is 20.9. The molecule has 3 rings (SSSR count). The van der Waals surface area contributed by atoms with Gasteiger partial charge in [-0.25, -0.2) is 9.97 Å². The zero-order valence-corrected chi connectivity index (χ0v) is 14.6. The van der Waals surface area contributed by atoms with E-state index < -0.39 is 4.92 Å². The molecule has 2 aromatic heterocycles. The molecule has 0 saturated carbocycles. The molecule has 24 heavy (non-hydrogen) atoms. The van der Waals surface area contributed by atoms with Gasteiger partial charge in [0, 0.05) is 31.4 Å². The molecule has 0 N–H and O–H groups in total. The summed E-state index contributed by atoms with van der Waals surface area (Å²) in [7, 11) is 0. The van der Waals surface area contributed by atoms with Gasteiger partial charge >= 0.3 is 0 Å². The van der Waals surface area contributed by atoms with E-state index in [9.17, 15) is 10.1 Å². The van der Waals surface area contributed by atoms with Gasteiger partial charge in [-0.2, -0.15) is 0 Å². The van der Waals surface area contributed by atoms with Crippen LogP contribution < -0.4 is 9.64 Å². The Hall–Kier alpha value is -2.22. The van der Waals surface area contributed by atoms with Gasteiger partial charge in [-0.05, 0) is 40.8 Å². The highest BCUT2D eigenvalue weighted by atomic mass is 79.9. The van der Waals surface area contributed by atoms with E-state index in [4.69, 9.17) is 4.74 Å². The summed E-state index contributed by atoms with van der Waals surface area (Å²) in [5.74, 6) is 1.88. The number of piperidine rings is 1. The lowest BCUT2D eigenvalue weighted by Gasteiger charge is -2.33. The predicted octanol–water partition coefficient (Wildman–Crippen LogP) is 3.44. The maximum absolute atomic E-state index is 10.8. The number of pyridine rings is 2. The van der Waals surface area contributed by atoms with Crippen LogP contribution in [0.25, 0.3) is 0 Å². The number of ether oxygens (including phenoxy) is 1.